The fourth-order valence-corrected chi connectivity index (χ4v) is 3.15. The molecule has 0 heterocycles. The summed E-state index contributed by atoms with van der Waals surface area (Å²) < 4.78 is 32.3. The monoisotopic (exact) mass is 264 g/mol. The van der Waals surface area contributed by atoms with Crippen LogP contribution in [0.4, 0.5) is 0 Å². The molecule has 2 aromatic rings. The fraction of sp³-hybridized carbons (Fsp3) is 0.286. The van der Waals surface area contributed by atoms with Crippen LogP contribution in [-0.2, 0) is 23.0 Å². The number of hydrogen-bond donors (Lipinski definition) is 1. The Labute approximate surface area is 107 Å². The van der Waals surface area contributed by atoms with E-state index >= 15 is 0 Å². The highest BCUT2D eigenvalue weighted by Gasteiger charge is 2.17. The summed E-state index contributed by atoms with van der Waals surface area (Å²) in [6, 6.07) is 8.90. The van der Waals surface area contributed by atoms with Crippen LogP contribution in [0.1, 0.15) is 25.0 Å². The molecule has 0 aliphatic rings. The molecule has 1 N–H and O–H groups in total. The molecule has 0 aliphatic carbocycles. The molecule has 0 fully saturated rings. The molecule has 0 spiro atoms. The number of aryl methyl sites for hydroxylation is 2. The Morgan fingerprint density at radius 1 is 1.06 bits per heavy atom. The first-order chi connectivity index (χ1) is 8.49. The Kier molecular flexibility index (Phi) is 3.41. The summed E-state index contributed by atoms with van der Waals surface area (Å²) in [5.74, 6) is 0. The number of rotatable bonds is 3. The van der Waals surface area contributed by atoms with Crippen LogP contribution in [0.2, 0.25) is 0 Å². The van der Waals surface area contributed by atoms with Crippen molar-refractivity contribution in [2.45, 2.75) is 31.6 Å². The van der Waals surface area contributed by atoms with E-state index in [1.54, 1.807) is 18.2 Å². The molecule has 96 valence electrons. The number of benzene rings is 2. The summed E-state index contributed by atoms with van der Waals surface area (Å²) in [7, 11) is -4.19. The van der Waals surface area contributed by atoms with Gasteiger partial charge >= 0.3 is 0 Å². The van der Waals surface area contributed by atoms with Gasteiger partial charge in [0.1, 0.15) is 4.90 Å². The summed E-state index contributed by atoms with van der Waals surface area (Å²) in [6.07, 6.45) is 1.59. The van der Waals surface area contributed by atoms with Gasteiger partial charge in [0.25, 0.3) is 10.1 Å². The van der Waals surface area contributed by atoms with Gasteiger partial charge in [-0.2, -0.15) is 8.42 Å². The molecule has 0 aliphatic heterocycles. The fourth-order valence-electron chi connectivity index (χ4n) is 2.40. The maximum Gasteiger partial charge on any atom is 0.295 e. The van der Waals surface area contributed by atoms with E-state index in [1.165, 1.54) is 0 Å². The van der Waals surface area contributed by atoms with E-state index in [4.69, 9.17) is 0 Å². The summed E-state index contributed by atoms with van der Waals surface area (Å²) in [5, 5.41) is 1.50. The zero-order valence-corrected chi connectivity index (χ0v) is 11.3. The molecule has 0 unspecified atom stereocenters. The molecule has 4 heteroatoms. The second kappa shape index (κ2) is 4.71. The molecular formula is C14H16O3S. The normalized spacial score (nSPS) is 11.9. The van der Waals surface area contributed by atoms with Crippen LogP contribution in [0.25, 0.3) is 10.8 Å². The topological polar surface area (TPSA) is 54.4 Å². The molecule has 0 saturated carbocycles. The highest BCUT2D eigenvalue weighted by atomic mass is 32.2. The third-order valence-electron chi connectivity index (χ3n) is 3.22. The van der Waals surface area contributed by atoms with Crippen molar-refractivity contribution in [1.82, 2.24) is 0 Å². The van der Waals surface area contributed by atoms with Crippen LogP contribution in [0.5, 0.6) is 0 Å². The van der Waals surface area contributed by atoms with Gasteiger partial charge in [-0.05, 0) is 35.4 Å². The maximum absolute atomic E-state index is 11.5. The molecule has 0 aromatic heterocycles. The average Bonchev–Trinajstić information content (AvgIpc) is 2.35. The van der Waals surface area contributed by atoms with Crippen molar-refractivity contribution in [2.75, 3.05) is 0 Å². The van der Waals surface area contributed by atoms with Crippen molar-refractivity contribution >= 4 is 20.9 Å². The minimum Gasteiger partial charge on any atom is -0.282 e. The highest BCUT2D eigenvalue weighted by Crippen LogP contribution is 2.30. The largest absolute Gasteiger partial charge is 0.295 e. The second-order valence-electron chi connectivity index (χ2n) is 4.24. The Hall–Kier alpha value is -1.39. The van der Waals surface area contributed by atoms with E-state index in [2.05, 4.69) is 0 Å². The first kappa shape index (κ1) is 13.1. The van der Waals surface area contributed by atoms with Gasteiger partial charge < -0.3 is 0 Å². The summed E-state index contributed by atoms with van der Waals surface area (Å²) in [4.78, 5) is 0.00662. The lowest BCUT2D eigenvalue weighted by atomic mass is 9.96. The lowest BCUT2D eigenvalue weighted by Gasteiger charge is -2.13. The SMILES string of the molecule is CCc1cc(S(=O)(=O)O)c2ccccc2c1CC. The van der Waals surface area contributed by atoms with E-state index in [1.807, 2.05) is 26.0 Å². The summed E-state index contributed by atoms with van der Waals surface area (Å²) >= 11 is 0. The smallest absolute Gasteiger partial charge is 0.282 e. The molecule has 2 aromatic carbocycles. The van der Waals surface area contributed by atoms with Crippen molar-refractivity contribution in [1.29, 1.82) is 0 Å². The molecular weight excluding hydrogens is 248 g/mol. The second-order valence-corrected chi connectivity index (χ2v) is 5.63. The van der Waals surface area contributed by atoms with Gasteiger partial charge in [-0.3, -0.25) is 4.55 Å². The van der Waals surface area contributed by atoms with Gasteiger partial charge in [-0.25, -0.2) is 0 Å². The van der Waals surface area contributed by atoms with E-state index in [0.29, 0.717) is 5.39 Å². The van der Waals surface area contributed by atoms with Crippen LogP contribution < -0.4 is 0 Å². The third kappa shape index (κ3) is 2.13. The summed E-state index contributed by atoms with van der Waals surface area (Å²) in [5.41, 5.74) is 2.13. The standard InChI is InChI=1S/C14H16O3S/c1-3-10-9-14(18(15,16)17)13-8-6-5-7-12(13)11(10)4-2/h5-9H,3-4H2,1-2H3,(H,15,16,17). The minimum absolute atomic E-state index is 0.00662. The number of hydrogen-bond acceptors (Lipinski definition) is 2. The molecule has 0 bridgehead atoms. The highest BCUT2D eigenvalue weighted by molar-refractivity contribution is 7.86. The summed E-state index contributed by atoms with van der Waals surface area (Å²) in [6.45, 7) is 4.03. The Morgan fingerprint density at radius 3 is 2.17 bits per heavy atom. The molecule has 3 nitrogen and oxygen atoms in total. The van der Waals surface area contributed by atoms with Gasteiger partial charge in [0.2, 0.25) is 0 Å². The third-order valence-corrected chi connectivity index (χ3v) is 4.12. The van der Waals surface area contributed by atoms with Crippen molar-refractivity contribution in [3.8, 4) is 0 Å². The van der Waals surface area contributed by atoms with Gasteiger partial charge in [0.05, 0.1) is 0 Å². The average molecular weight is 264 g/mol. The predicted octanol–water partition coefficient (Wildman–Crippen LogP) is 3.21. The molecule has 0 atom stereocenters. The molecule has 0 amide bonds. The van der Waals surface area contributed by atoms with E-state index in [0.717, 1.165) is 29.4 Å². The van der Waals surface area contributed by atoms with Crippen LogP contribution >= 0.6 is 0 Å². The van der Waals surface area contributed by atoms with Crippen molar-refractivity contribution < 1.29 is 13.0 Å². The Morgan fingerprint density at radius 2 is 1.67 bits per heavy atom. The quantitative estimate of drug-likeness (QED) is 0.866. The number of fused-ring (bicyclic) bond motifs is 1. The molecule has 0 radical (unpaired) electrons. The van der Waals surface area contributed by atoms with Gasteiger partial charge in [-0.15, -0.1) is 0 Å². The molecule has 0 saturated heterocycles. The van der Waals surface area contributed by atoms with E-state index < -0.39 is 10.1 Å². The van der Waals surface area contributed by atoms with Crippen molar-refractivity contribution in [3.05, 3.63) is 41.5 Å². The van der Waals surface area contributed by atoms with Crippen molar-refractivity contribution in [3.63, 3.8) is 0 Å². The zero-order chi connectivity index (χ0) is 13.3. The molecule has 2 rings (SSSR count). The van der Waals surface area contributed by atoms with E-state index in [9.17, 15) is 13.0 Å². The lowest BCUT2D eigenvalue weighted by Crippen LogP contribution is -2.03. The van der Waals surface area contributed by atoms with Crippen LogP contribution in [0, 0.1) is 0 Å². The lowest BCUT2D eigenvalue weighted by molar-refractivity contribution is 0.484. The first-order valence-corrected chi connectivity index (χ1v) is 7.44. The van der Waals surface area contributed by atoms with E-state index in [-0.39, 0.29) is 4.90 Å². The maximum atomic E-state index is 11.5. The predicted molar refractivity (Wildman–Crippen MR) is 72.5 cm³/mol. The Bertz CT molecular complexity index is 687. The van der Waals surface area contributed by atoms with Crippen molar-refractivity contribution in [2.24, 2.45) is 0 Å². The van der Waals surface area contributed by atoms with Gasteiger partial charge in [0, 0.05) is 5.39 Å². The minimum atomic E-state index is -4.19. The first-order valence-electron chi connectivity index (χ1n) is 6.00. The van der Waals surface area contributed by atoms with Crippen LogP contribution in [0.15, 0.2) is 35.2 Å². The van der Waals surface area contributed by atoms with Gasteiger partial charge in [0.15, 0.2) is 0 Å². The van der Waals surface area contributed by atoms with Gasteiger partial charge in [-0.1, -0.05) is 38.1 Å². The van der Waals surface area contributed by atoms with Crippen LogP contribution in [-0.4, -0.2) is 13.0 Å². The van der Waals surface area contributed by atoms with Crippen LogP contribution in [0.3, 0.4) is 0 Å². The Balaban J connectivity index is 2.98. The molecule has 18 heavy (non-hydrogen) atoms. The zero-order valence-electron chi connectivity index (χ0n) is 10.5.